The number of non-ortho nitro benzene ring substituents is 1. The number of carboxylic acid groups (broad SMARTS) is 1. The fourth-order valence-corrected chi connectivity index (χ4v) is 3.42. The number of nitro benzene ring substituents is 1. The van der Waals surface area contributed by atoms with Gasteiger partial charge in [-0.15, -0.1) is 0 Å². The van der Waals surface area contributed by atoms with Crippen LogP contribution < -0.4 is 9.47 Å². The maximum absolute atomic E-state index is 12.8. The van der Waals surface area contributed by atoms with E-state index < -0.39 is 16.7 Å². The number of nitro groups is 1. The van der Waals surface area contributed by atoms with E-state index >= 15 is 0 Å². The molecule has 3 aromatic rings. The average Bonchev–Trinajstić information content (AvgIpc) is 2.86. The average molecular weight is 493 g/mol. The zero-order valence-corrected chi connectivity index (χ0v) is 19.0. The van der Waals surface area contributed by atoms with Gasteiger partial charge < -0.3 is 14.6 Å². The number of Topliss-reactive ketones (excluding diaryl/α,β-unsaturated/α-hetero) is 1. The highest BCUT2D eigenvalue weighted by atomic mass is 35.5. The van der Waals surface area contributed by atoms with Crippen LogP contribution in [-0.2, 0) is 6.61 Å². The van der Waals surface area contributed by atoms with Gasteiger partial charge in [0.1, 0.15) is 18.2 Å². The van der Waals surface area contributed by atoms with E-state index in [1.165, 1.54) is 55.7 Å². The third-order valence-electron chi connectivity index (χ3n) is 4.80. The quantitative estimate of drug-likeness (QED) is 0.139. The van der Waals surface area contributed by atoms with Crippen molar-refractivity contribution in [3.05, 3.63) is 104 Å². The molecule has 0 aromatic heterocycles. The Morgan fingerprint density at radius 2 is 1.86 bits per heavy atom. The van der Waals surface area contributed by atoms with Crippen molar-refractivity contribution in [3.8, 4) is 17.6 Å². The SMILES string of the molecule is COc1cc(/C=C(\C#N)C(=O)c2cccc([N+](=O)[O-])c2)cc(Cl)c1OCc1cccc(C(=O)O)c1. The number of rotatable bonds is 9. The molecule has 176 valence electrons. The second-order valence-electron chi connectivity index (χ2n) is 7.13. The lowest BCUT2D eigenvalue weighted by Gasteiger charge is -2.14. The highest BCUT2D eigenvalue weighted by Gasteiger charge is 2.17. The molecule has 0 fully saturated rings. The van der Waals surface area contributed by atoms with Crippen molar-refractivity contribution in [1.82, 2.24) is 0 Å². The van der Waals surface area contributed by atoms with E-state index in [2.05, 4.69) is 0 Å². The number of nitrogens with zero attached hydrogens (tertiary/aromatic N) is 2. The number of hydrogen-bond acceptors (Lipinski definition) is 7. The number of ether oxygens (including phenoxy) is 2. The number of halogens is 1. The van der Waals surface area contributed by atoms with Gasteiger partial charge in [-0.2, -0.15) is 5.26 Å². The first-order chi connectivity index (χ1) is 16.7. The molecule has 0 aliphatic heterocycles. The fraction of sp³-hybridized carbons (Fsp3) is 0.0800. The summed E-state index contributed by atoms with van der Waals surface area (Å²) in [4.78, 5) is 34.3. The summed E-state index contributed by atoms with van der Waals surface area (Å²) in [5, 5.41) is 29.8. The largest absolute Gasteiger partial charge is 0.493 e. The number of benzene rings is 3. The van der Waals surface area contributed by atoms with Gasteiger partial charge in [0.25, 0.3) is 5.69 Å². The maximum Gasteiger partial charge on any atom is 0.335 e. The minimum absolute atomic E-state index is 0.00592. The second kappa shape index (κ2) is 11.0. The van der Waals surface area contributed by atoms with Crippen LogP contribution in [0.1, 0.15) is 31.8 Å². The summed E-state index contributed by atoms with van der Waals surface area (Å²) in [6.45, 7) is 0.0150. The Morgan fingerprint density at radius 1 is 1.14 bits per heavy atom. The molecule has 0 radical (unpaired) electrons. The summed E-state index contributed by atoms with van der Waals surface area (Å²) >= 11 is 6.37. The molecule has 0 spiro atoms. The Hall–Kier alpha value is -4.68. The zero-order valence-electron chi connectivity index (χ0n) is 18.2. The van der Waals surface area contributed by atoms with Crippen LogP contribution in [0.4, 0.5) is 5.69 Å². The van der Waals surface area contributed by atoms with Crippen LogP contribution in [0.3, 0.4) is 0 Å². The number of carbonyl (C=O) groups is 2. The summed E-state index contributed by atoms with van der Waals surface area (Å²) in [6, 6.07) is 16.1. The molecule has 0 amide bonds. The van der Waals surface area contributed by atoms with Gasteiger partial charge in [0.05, 0.1) is 22.6 Å². The number of ketones is 1. The van der Waals surface area contributed by atoms with Crippen LogP contribution in [0.25, 0.3) is 6.08 Å². The summed E-state index contributed by atoms with van der Waals surface area (Å²) in [7, 11) is 1.39. The molecule has 0 saturated heterocycles. The van der Waals surface area contributed by atoms with Gasteiger partial charge in [0, 0.05) is 17.7 Å². The third-order valence-corrected chi connectivity index (χ3v) is 5.08. The van der Waals surface area contributed by atoms with E-state index in [1.54, 1.807) is 12.1 Å². The first-order valence-electron chi connectivity index (χ1n) is 9.97. The topological polar surface area (TPSA) is 140 Å². The lowest BCUT2D eigenvalue weighted by Crippen LogP contribution is -2.03. The van der Waals surface area contributed by atoms with Gasteiger partial charge in [0.2, 0.25) is 5.78 Å². The van der Waals surface area contributed by atoms with Crippen LogP contribution in [0.2, 0.25) is 5.02 Å². The third kappa shape index (κ3) is 6.01. The number of nitriles is 1. The van der Waals surface area contributed by atoms with E-state index in [0.29, 0.717) is 11.1 Å². The van der Waals surface area contributed by atoms with Crippen molar-refractivity contribution < 1.29 is 29.1 Å². The number of carbonyl (C=O) groups excluding carboxylic acids is 1. The molecule has 0 atom stereocenters. The second-order valence-corrected chi connectivity index (χ2v) is 7.54. The molecule has 0 unspecified atom stereocenters. The molecular formula is C25H17ClN2O7. The molecule has 9 nitrogen and oxygen atoms in total. The van der Waals surface area contributed by atoms with Crippen molar-refractivity contribution >= 4 is 35.1 Å². The number of hydrogen-bond donors (Lipinski definition) is 1. The fourth-order valence-electron chi connectivity index (χ4n) is 3.14. The molecule has 10 heteroatoms. The minimum Gasteiger partial charge on any atom is -0.493 e. The molecule has 0 aliphatic rings. The lowest BCUT2D eigenvalue weighted by atomic mass is 10.0. The smallest absolute Gasteiger partial charge is 0.335 e. The Bertz CT molecular complexity index is 1390. The lowest BCUT2D eigenvalue weighted by molar-refractivity contribution is -0.384. The Labute approximate surface area is 204 Å². The first kappa shape index (κ1) is 25.0. The standard InChI is InChI=1S/C25H17ClN2O7/c1-34-22-11-16(9-19(13-27)23(29)17-5-3-7-20(12-17)28(32)33)10-21(26)24(22)35-14-15-4-2-6-18(8-15)25(30)31/h2-12H,14H2,1H3,(H,30,31)/b19-9+. The summed E-state index contributed by atoms with van der Waals surface area (Å²) < 4.78 is 11.1. The number of carboxylic acids is 1. The Kier molecular flexibility index (Phi) is 7.81. The molecule has 0 heterocycles. The van der Waals surface area contributed by atoms with Crippen LogP contribution in [0.15, 0.2) is 66.2 Å². The zero-order chi connectivity index (χ0) is 25.5. The van der Waals surface area contributed by atoms with E-state index in [1.807, 2.05) is 6.07 Å². The van der Waals surface area contributed by atoms with E-state index in [0.717, 1.165) is 6.07 Å². The Morgan fingerprint density at radius 3 is 2.51 bits per heavy atom. The molecule has 0 saturated carbocycles. The maximum atomic E-state index is 12.8. The molecule has 0 bridgehead atoms. The van der Waals surface area contributed by atoms with Crippen LogP contribution >= 0.6 is 11.6 Å². The van der Waals surface area contributed by atoms with Crippen molar-refractivity contribution in [2.24, 2.45) is 0 Å². The van der Waals surface area contributed by atoms with Crippen LogP contribution in [0, 0.1) is 21.4 Å². The predicted octanol–water partition coefficient (Wildman–Crippen LogP) is 5.32. The normalized spacial score (nSPS) is 10.8. The first-order valence-corrected chi connectivity index (χ1v) is 10.3. The van der Waals surface area contributed by atoms with Crippen molar-refractivity contribution in [2.75, 3.05) is 7.11 Å². The molecule has 3 aromatic carbocycles. The molecule has 0 aliphatic carbocycles. The van der Waals surface area contributed by atoms with Gasteiger partial charge in [-0.1, -0.05) is 35.9 Å². The molecule has 3 rings (SSSR count). The van der Waals surface area contributed by atoms with E-state index in [-0.39, 0.29) is 45.5 Å². The van der Waals surface area contributed by atoms with E-state index in [4.69, 9.17) is 26.2 Å². The van der Waals surface area contributed by atoms with Crippen molar-refractivity contribution in [3.63, 3.8) is 0 Å². The van der Waals surface area contributed by atoms with E-state index in [9.17, 15) is 25.0 Å². The van der Waals surface area contributed by atoms with Gasteiger partial charge in [-0.05, 0) is 41.5 Å². The number of methoxy groups -OCH3 is 1. The summed E-state index contributed by atoms with van der Waals surface area (Å²) in [6.07, 6.45) is 1.29. The van der Waals surface area contributed by atoms with Crippen LogP contribution in [-0.4, -0.2) is 28.9 Å². The van der Waals surface area contributed by atoms with Gasteiger partial charge >= 0.3 is 5.97 Å². The predicted molar refractivity (Wildman–Crippen MR) is 127 cm³/mol. The van der Waals surface area contributed by atoms with Crippen molar-refractivity contribution in [1.29, 1.82) is 5.26 Å². The highest BCUT2D eigenvalue weighted by molar-refractivity contribution is 6.32. The van der Waals surface area contributed by atoms with Crippen molar-refractivity contribution in [2.45, 2.75) is 6.61 Å². The molecule has 35 heavy (non-hydrogen) atoms. The number of allylic oxidation sites excluding steroid dienone is 1. The van der Waals surface area contributed by atoms with Gasteiger partial charge in [-0.25, -0.2) is 4.79 Å². The Balaban J connectivity index is 1.88. The monoisotopic (exact) mass is 492 g/mol. The number of aromatic carboxylic acids is 1. The molecular weight excluding hydrogens is 476 g/mol. The highest BCUT2D eigenvalue weighted by Crippen LogP contribution is 2.37. The van der Waals surface area contributed by atoms with Gasteiger partial charge in [0.15, 0.2) is 11.5 Å². The summed E-state index contributed by atoms with van der Waals surface area (Å²) in [5.74, 6) is -1.34. The molecule has 1 N–H and O–H groups in total. The van der Waals surface area contributed by atoms with Gasteiger partial charge in [-0.3, -0.25) is 14.9 Å². The van der Waals surface area contributed by atoms with Crippen LogP contribution in [0.5, 0.6) is 11.5 Å². The summed E-state index contributed by atoms with van der Waals surface area (Å²) in [5.41, 5.74) is 0.537. The minimum atomic E-state index is -1.06.